The molecule has 0 spiro atoms. The van der Waals surface area contributed by atoms with Crippen LogP contribution in [0.5, 0.6) is 11.5 Å². The van der Waals surface area contributed by atoms with E-state index in [-0.39, 0.29) is 18.6 Å². The zero-order chi connectivity index (χ0) is 16.1. The first kappa shape index (κ1) is 15.4. The molecule has 1 aromatic heterocycles. The van der Waals surface area contributed by atoms with Gasteiger partial charge in [0.2, 0.25) is 0 Å². The molecule has 0 bridgehead atoms. The van der Waals surface area contributed by atoms with Gasteiger partial charge in [0, 0.05) is 12.7 Å². The van der Waals surface area contributed by atoms with E-state index in [0.717, 1.165) is 11.4 Å². The number of ether oxygens (including phenoxy) is 3. The number of hydrogen-bond acceptors (Lipinski definition) is 5. The Labute approximate surface area is 134 Å². The van der Waals surface area contributed by atoms with E-state index in [4.69, 9.17) is 14.2 Å². The van der Waals surface area contributed by atoms with Gasteiger partial charge in [0.25, 0.3) is 5.91 Å². The third-order valence-electron chi connectivity index (χ3n) is 3.75. The van der Waals surface area contributed by atoms with Gasteiger partial charge in [0.05, 0.1) is 32.1 Å². The molecule has 2 aromatic rings. The quantitative estimate of drug-likeness (QED) is 0.902. The first-order valence-electron chi connectivity index (χ1n) is 7.41. The maximum Gasteiger partial charge on any atom is 0.261 e. The van der Waals surface area contributed by atoms with Gasteiger partial charge in [-0.3, -0.25) is 9.89 Å². The van der Waals surface area contributed by atoms with Crippen molar-refractivity contribution < 1.29 is 19.0 Å². The van der Waals surface area contributed by atoms with Gasteiger partial charge < -0.3 is 19.1 Å². The first-order chi connectivity index (χ1) is 11.3. The number of nitrogens with one attached hydrogen (secondary N) is 1. The van der Waals surface area contributed by atoms with Crippen LogP contribution < -0.4 is 9.47 Å². The maximum atomic E-state index is 12.5. The number of amides is 1. The van der Waals surface area contributed by atoms with Gasteiger partial charge >= 0.3 is 0 Å². The van der Waals surface area contributed by atoms with Crippen molar-refractivity contribution in [3.63, 3.8) is 0 Å². The molecule has 23 heavy (non-hydrogen) atoms. The second kappa shape index (κ2) is 7.15. The lowest BCUT2D eigenvalue weighted by atomic mass is 10.1. The van der Waals surface area contributed by atoms with E-state index >= 15 is 0 Å². The number of methoxy groups -OCH3 is 1. The second-order valence-corrected chi connectivity index (χ2v) is 5.15. The average molecular weight is 317 g/mol. The van der Waals surface area contributed by atoms with Gasteiger partial charge in [-0.1, -0.05) is 0 Å². The molecule has 1 amide bonds. The van der Waals surface area contributed by atoms with Crippen LogP contribution >= 0.6 is 0 Å². The Morgan fingerprint density at radius 1 is 1.35 bits per heavy atom. The standard InChI is InChI=1S/C16H19N3O4/c1-21-12-2-4-13(5-3-12)23-11-16(20)19-8-9-22-10-15(19)14-6-7-17-18-14/h2-7,15H,8-11H2,1H3,(H,17,18)/t15-/m1/s1. The number of aromatic nitrogens is 2. The van der Waals surface area contributed by atoms with E-state index in [0.29, 0.717) is 25.5 Å². The Bertz CT molecular complexity index is 627. The minimum absolute atomic E-state index is 0.0169. The molecule has 7 heteroatoms. The van der Waals surface area contributed by atoms with Gasteiger partial charge in [0.15, 0.2) is 6.61 Å². The van der Waals surface area contributed by atoms with Crippen LogP contribution in [0.25, 0.3) is 0 Å². The molecule has 1 atom stereocenters. The molecule has 2 heterocycles. The minimum Gasteiger partial charge on any atom is -0.497 e. The fraction of sp³-hybridized carbons (Fsp3) is 0.375. The summed E-state index contributed by atoms with van der Waals surface area (Å²) >= 11 is 0. The zero-order valence-corrected chi connectivity index (χ0v) is 12.9. The number of rotatable bonds is 5. The highest BCUT2D eigenvalue weighted by Gasteiger charge is 2.29. The van der Waals surface area contributed by atoms with E-state index in [1.54, 1.807) is 42.5 Å². The highest BCUT2D eigenvalue weighted by atomic mass is 16.5. The number of carbonyl (C=O) groups excluding carboxylic acids is 1. The first-order valence-corrected chi connectivity index (χ1v) is 7.41. The van der Waals surface area contributed by atoms with Crippen molar-refractivity contribution in [3.05, 3.63) is 42.2 Å². The molecular formula is C16H19N3O4. The lowest BCUT2D eigenvalue weighted by Crippen LogP contribution is -2.45. The fourth-order valence-corrected chi connectivity index (χ4v) is 2.51. The molecule has 1 saturated heterocycles. The lowest BCUT2D eigenvalue weighted by molar-refractivity contribution is -0.142. The molecule has 1 aliphatic rings. The molecule has 0 radical (unpaired) electrons. The number of benzene rings is 1. The fourth-order valence-electron chi connectivity index (χ4n) is 2.51. The number of carbonyl (C=O) groups is 1. The minimum atomic E-state index is -0.154. The van der Waals surface area contributed by atoms with Gasteiger partial charge in [-0.25, -0.2) is 0 Å². The van der Waals surface area contributed by atoms with Crippen LogP contribution in [0.3, 0.4) is 0 Å². The highest BCUT2D eigenvalue weighted by molar-refractivity contribution is 5.78. The Hall–Kier alpha value is -2.54. The van der Waals surface area contributed by atoms with Crippen molar-refractivity contribution in [2.75, 3.05) is 33.5 Å². The van der Waals surface area contributed by atoms with E-state index in [1.165, 1.54) is 0 Å². The Balaban J connectivity index is 1.61. The molecule has 122 valence electrons. The summed E-state index contributed by atoms with van der Waals surface area (Å²) in [5.74, 6) is 1.30. The number of hydrogen-bond donors (Lipinski definition) is 1. The predicted molar refractivity (Wildman–Crippen MR) is 82.3 cm³/mol. The largest absolute Gasteiger partial charge is 0.497 e. The Morgan fingerprint density at radius 3 is 2.83 bits per heavy atom. The number of H-pyrrole nitrogens is 1. The van der Waals surface area contributed by atoms with E-state index in [1.807, 2.05) is 6.07 Å². The van der Waals surface area contributed by atoms with Crippen molar-refractivity contribution >= 4 is 5.91 Å². The highest BCUT2D eigenvalue weighted by Crippen LogP contribution is 2.23. The third-order valence-corrected chi connectivity index (χ3v) is 3.75. The molecule has 1 aromatic carbocycles. The van der Waals surface area contributed by atoms with Crippen molar-refractivity contribution in [2.45, 2.75) is 6.04 Å². The summed E-state index contributed by atoms with van der Waals surface area (Å²) in [5.41, 5.74) is 0.863. The Kier molecular flexibility index (Phi) is 4.77. The van der Waals surface area contributed by atoms with Crippen molar-refractivity contribution in [1.29, 1.82) is 0 Å². The van der Waals surface area contributed by atoms with E-state index < -0.39 is 0 Å². The molecule has 3 rings (SSSR count). The van der Waals surface area contributed by atoms with Gasteiger partial charge in [-0.05, 0) is 30.3 Å². The van der Waals surface area contributed by atoms with Crippen LogP contribution in [0.4, 0.5) is 0 Å². The van der Waals surface area contributed by atoms with Crippen molar-refractivity contribution in [1.82, 2.24) is 15.1 Å². The monoisotopic (exact) mass is 317 g/mol. The van der Waals surface area contributed by atoms with Crippen molar-refractivity contribution in [2.24, 2.45) is 0 Å². The molecule has 7 nitrogen and oxygen atoms in total. The third kappa shape index (κ3) is 3.62. The summed E-state index contributed by atoms with van der Waals surface area (Å²) in [6, 6.07) is 8.84. The SMILES string of the molecule is COc1ccc(OCC(=O)N2CCOC[C@@H]2c2ccn[nH]2)cc1. The molecule has 1 aliphatic heterocycles. The van der Waals surface area contributed by atoms with E-state index in [2.05, 4.69) is 10.2 Å². The average Bonchev–Trinajstić information content (AvgIpc) is 3.14. The summed E-state index contributed by atoms with van der Waals surface area (Å²) in [6.45, 7) is 1.50. The molecule has 0 aliphatic carbocycles. The summed E-state index contributed by atoms with van der Waals surface area (Å²) in [7, 11) is 1.60. The maximum absolute atomic E-state index is 12.5. The lowest BCUT2D eigenvalue weighted by Gasteiger charge is -2.34. The summed E-state index contributed by atoms with van der Waals surface area (Å²) < 4.78 is 16.1. The number of nitrogens with zero attached hydrogens (tertiary/aromatic N) is 2. The smallest absolute Gasteiger partial charge is 0.261 e. The summed E-state index contributed by atoms with van der Waals surface area (Å²) in [6.07, 6.45) is 1.67. The van der Waals surface area contributed by atoms with Crippen LogP contribution in [0.15, 0.2) is 36.5 Å². The van der Waals surface area contributed by atoms with Crippen LogP contribution in [0.2, 0.25) is 0 Å². The molecule has 1 N–H and O–H groups in total. The van der Waals surface area contributed by atoms with Crippen LogP contribution in [-0.4, -0.2) is 54.5 Å². The topological polar surface area (TPSA) is 76.7 Å². The van der Waals surface area contributed by atoms with Gasteiger partial charge in [-0.2, -0.15) is 5.10 Å². The molecule has 1 fully saturated rings. The normalized spacial score (nSPS) is 17.8. The van der Waals surface area contributed by atoms with Gasteiger partial charge in [0.1, 0.15) is 11.5 Å². The molecular weight excluding hydrogens is 298 g/mol. The van der Waals surface area contributed by atoms with Crippen LogP contribution in [0.1, 0.15) is 11.7 Å². The summed E-state index contributed by atoms with van der Waals surface area (Å²) in [5, 5.41) is 6.84. The van der Waals surface area contributed by atoms with Gasteiger partial charge in [-0.15, -0.1) is 0 Å². The van der Waals surface area contributed by atoms with E-state index in [9.17, 15) is 4.79 Å². The Morgan fingerprint density at radius 2 is 2.13 bits per heavy atom. The van der Waals surface area contributed by atoms with Crippen LogP contribution in [-0.2, 0) is 9.53 Å². The predicted octanol–water partition coefficient (Wildman–Crippen LogP) is 1.40. The second-order valence-electron chi connectivity index (χ2n) is 5.15. The summed E-state index contributed by atoms with van der Waals surface area (Å²) in [4.78, 5) is 14.3. The molecule has 0 unspecified atom stereocenters. The number of aromatic amines is 1. The van der Waals surface area contributed by atoms with Crippen molar-refractivity contribution in [3.8, 4) is 11.5 Å². The molecule has 0 saturated carbocycles. The number of morpholine rings is 1. The zero-order valence-electron chi connectivity index (χ0n) is 12.9. The van der Waals surface area contributed by atoms with Crippen LogP contribution in [0, 0.1) is 0 Å².